The molecule has 2 aromatic rings. The number of aromatic nitrogens is 6. The largest absolute Gasteiger partial charge is 0.348 e. The molecule has 7 nitrogen and oxygen atoms in total. The fourth-order valence-electron chi connectivity index (χ4n) is 1.50. The van der Waals surface area contributed by atoms with Crippen LogP contribution in [0.4, 0.5) is 0 Å². The molecule has 0 amide bonds. The monoisotopic (exact) mass is 266 g/mol. The van der Waals surface area contributed by atoms with Gasteiger partial charge in [0.1, 0.15) is 23.3 Å². The highest BCUT2D eigenvalue weighted by atomic mass is 35.5. The fourth-order valence-corrected chi connectivity index (χ4v) is 1.72. The van der Waals surface area contributed by atoms with E-state index in [-0.39, 0.29) is 5.28 Å². The number of nitrogens with one attached hydrogen (secondary N) is 1. The first-order chi connectivity index (χ1) is 8.52. The van der Waals surface area contributed by atoms with Crippen molar-refractivity contribution in [1.29, 1.82) is 0 Å². The molecule has 0 atom stereocenters. The minimum atomic E-state index is -0.401. The van der Waals surface area contributed by atoms with Crippen molar-refractivity contribution in [1.82, 2.24) is 29.9 Å². The van der Waals surface area contributed by atoms with E-state index in [1.807, 2.05) is 0 Å². The number of aromatic amines is 1. The van der Waals surface area contributed by atoms with Crippen molar-refractivity contribution < 1.29 is 0 Å². The third-order valence-corrected chi connectivity index (χ3v) is 2.32. The highest BCUT2D eigenvalue weighted by Crippen LogP contribution is 2.03. The van der Waals surface area contributed by atoms with Crippen LogP contribution in [0.1, 0.15) is 23.3 Å². The van der Waals surface area contributed by atoms with E-state index in [1.54, 1.807) is 13.8 Å². The van der Waals surface area contributed by atoms with Gasteiger partial charge in [0, 0.05) is 12.8 Å². The van der Waals surface area contributed by atoms with Gasteiger partial charge in [-0.15, -0.1) is 0 Å². The lowest BCUT2D eigenvalue weighted by molar-refractivity contribution is 0.752. The van der Waals surface area contributed by atoms with Gasteiger partial charge < -0.3 is 0 Å². The van der Waals surface area contributed by atoms with Crippen molar-refractivity contribution in [3.05, 3.63) is 39.1 Å². The Kier molecular flexibility index (Phi) is 3.61. The predicted octanol–water partition coefficient (Wildman–Crippen LogP) is 0.405. The van der Waals surface area contributed by atoms with Crippen LogP contribution >= 0.6 is 11.6 Å². The van der Waals surface area contributed by atoms with Gasteiger partial charge in [-0.3, -0.25) is 4.98 Å². The number of nitrogens with zero attached hydrogens (tertiary/aromatic N) is 5. The number of halogens is 1. The van der Waals surface area contributed by atoms with E-state index in [2.05, 4.69) is 29.9 Å². The minimum absolute atomic E-state index is 0.167. The second-order valence-corrected chi connectivity index (χ2v) is 4.06. The predicted molar refractivity (Wildman–Crippen MR) is 64.4 cm³/mol. The summed E-state index contributed by atoms with van der Waals surface area (Å²) in [5.41, 5.74) is -0.401. The zero-order valence-electron chi connectivity index (χ0n) is 9.94. The molecule has 0 aliphatic heterocycles. The molecule has 0 aliphatic rings. The SMILES string of the molecule is Cc1nc(Cl)nc(CCc2nc(C)[nH]c(=O)n2)n1. The number of aryl methyl sites for hydroxylation is 4. The lowest BCUT2D eigenvalue weighted by Crippen LogP contribution is -2.17. The highest BCUT2D eigenvalue weighted by Gasteiger charge is 2.05. The highest BCUT2D eigenvalue weighted by molar-refractivity contribution is 6.28. The molecule has 94 valence electrons. The lowest BCUT2D eigenvalue weighted by Gasteiger charge is -2.01. The molecule has 0 unspecified atom stereocenters. The van der Waals surface area contributed by atoms with E-state index in [0.29, 0.717) is 36.1 Å². The molecule has 2 rings (SSSR count). The molecule has 18 heavy (non-hydrogen) atoms. The van der Waals surface area contributed by atoms with Crippen molar-refractivity contribution in [2.45, 2.75) is 26.7 Å². The lowest BCUT2D eigenvalue weighted by atomic mass is 10.3. The molecule has 0 fully saturated rings. The third-order valence-electron chi connectivity index (χ3n) is 2.15. The standard InChI is InChI=1S/C10H11ClN6O/c1-5-12-7(16-9(11)14-5)3-4-8-13-6(2)15-10(18)17-8/h3-4H2,1-2H3,(H,13,15,17,18). The summed E-state index contributed by atoms with van der Waals surface area (Å²) >= 11 is 5.73. The van der Waals surface area contributed by atoms with Gasteiger partial charge in [-0.25, -0.2) is 24.7 Å². The molecule has 0 aliphatic carbocycles. The Morgan fingerprint density at radius 2 is 1.67 bits per heavy atom. The Morgan fingerprint density at radius 1 is 1.00 bits per heavy atom. The molecule has 2 aromatic heterocycles. The first kappa shape index (κ1) is 12.6. The van der Waals surface area contributed by atoms with Crippen molar-refractivity contribution >= 4 is 11.6 Å². The van der Waals surface area contributed by atoms with E-state index >= 15 is 0 Å². The van der Waals surface area contributed by atoms with E-state index in [0.717, 1.165) is 0 Å². The average molecular weight is 267 g/mol. The van der Waals surface area contributed by atoms with Crippen molar-refractivity contribution in [2.24, 2.45) is 0 Å². The van der Waals surface area contributed by atoms with E-state index in [4.69, 9.17) is 11.6 Å². The van der Waals surface area contributed by atoms with Crippen LogP contribution in [-0.4, -0.2) is 29.9 Å². The Morgan fingerprint density at radius 3 is 2.28 bits per heavy atom. The Balaban J connectivity index is 2.13. The molecule has 2 heterocycles. The van der Waals surface area contributed by atoms with Gasteiger partial charge in [-0.1, -0.05) is 0 Å². The molecular weight excluding hydrogens is 256 g/mol. The first-order valence-corrected chi connectivity index (χ1v) is 5.71. The number of rotatable bonds is 3. The molecule has 1 N–H and O–H groups in total. The van der Waals surface area contributed by atoms with Crippen LogP contribution in [0.3, 0.4) is 0 Å². The summed E-state index contributed by atoms with van der Waals surface area (Å²) in [6, 6.07) is 0. The van der Waals surface area contributed by atoms with Gasteiger partial charge in [0.2, 0.25) is 5.28 Å². The van der Waals surface area contributed by atoms with Crippen LogP contribution in [-0.2, 0) is 12.8 Å². The third kappa shape index (κ3) is 3.30. The Labute approximate surface area is 108 Å². The second kappa shape index (κ2) is 5.18. The maximum absolute atomic E-state index is 11.2. The molecular formula is C10H11ClN6O. The van der Waals surface area contributed by atoms with Crippen LogP contribution in [0.5, 0.6) is 0 Å². The first-order valence-electron chi connectivity index (χ1n) is 5.34. The van der Waals surface area contributed by atoms with Crippen molar-refractivity contribution in [3.8, 4) is 0 Å². The zero-order chi connectivity index (χ0) is 13.1. The van der Waals surface area contributed by atoms with Crippen molar-refractivity contribution in [3.63, 3.8) is 0 Å². The summed E-state index contributed by atoms with van der Waals surface area (Å²) in [7, 11) is 0. The normalized spacial score (nSPS) is 10.6. The van der Waals surface area contributed by atoms with Gasteiger partial charge >= 0.3 is 5.69 Å². The Hall–Kier alpha value is -1.89. The quantitative estimate of drug-likeness (QED) is 0.864. The molecule has 0 bridgehead atoms. The summed E-state index contributed by atoms with van der Waals surface area (Å²) < 4.78 is 0. The maximum atomic E-state index is 11.2. The molecule has 0 saturated heterocycles. The van der Waals surface area contributed by atoms with Crippen LogP contribution in [0, 0.1) is 13.8 Å². The van der Waals surface area contributed by atoms with Crippen LogP contribution in [0.2, 0.25) is 5.28 Å². The summed E-state index contributed by atoms with van der Waals surface area (Å²) in [4.78, 5) is 33.6. The number of H-pyrrole nitrogens is 1. The van der Waals surface area contributed by atoms with Gasteiger partial charge in [-0.2, -0.15) is 4.98 Å². The summed E-state index contributed by atoms with van der Waals surface area (Å²) in [5, 5.41) is 0.167. The summed E-state index contributed by atoms with van der Waals surface area (Å²) in [6.07, 6.45) is 0.983. The Bertz CT molecular complexity index is 606. The fraction of sp³-hybridized carbons (Fsp3) is 0.400. The molecule has 0 spiro atoms. The maximum Gasteiger partial charge on any atom is 0.348 e. The van der Waals surface area contributed by atoms with Crippen LogP contribution in [0.25, 0.3) is 0 Å². The number of hydrogen-bond donors (Lipinski definition) is 1. The molecule has 0 radical (unpaired) electrons. The minimum Gasteiger partial charge on any atom is -0.294 e. The van der Waals surface area contributed by atoms with E-state index < -0.39 is 5.69 Å². The topological polar surface area (TPSA) is 97.3 Å². The van der Waals surface area contributed by atoms with Gasteiger partial charge in [0.15, 0.2) is 0 Å². The molecule has 8 heteroatoms. The van der Waals surface area contributed by atoms with Crippen molar-refractivity contribution in [2.75, 3.05) is 0 Å². The summed E-state index contributed by atoms with van der Waals surface area (Å²) in [6.45, 7) is 3.45. The van der Waals surface area contributed by atoms with E-state index in [1.165, 1.54) is 0 Å². The van der Waals surface area contributed by atoms with Gasteiger partial charge in [0.05, 0.1) is 0 Å². The average Bonchev–Trinajstić information content (AvgIpc) is 2.23. The number of hydrogen-bond acceptors (Lipinski definition) is 6. The van der Waals surface area contributed by atoms with Gasteiger partial charge in [-0.05, 0) is 25.4 Å². The molecule has 0 aromatic carbocycles. The van der Waals surface area contributed by atoms with E-state index in [9.17, 15) is 4.79 Å². The molecule has 0 saturated carbocycles. The van der Waals surface area contributed by atoms with Gasteiger partial charge in [0.25, 0.3) is 0 Å². The smallest absolute Gasteiger partial charge is 0.294 e. The van der Waals surface area contributed by atoms with Crippen LogP contribution < -0.4 is 5.69 Å². The van der Waals surface area contributed by atoms with Crippen LogP contribution in [0.15, 0.2) is 4.79 Å². The summed E-state index contributed by atoms with van der Waals surface area (Å²) in [5.74, 6) is 2.13. The second-order valence-electron chi connectivity index (χ2n) is 3.72. The zero-order valence-corrected chi connectivity index (χ0v) is 10.7.